The van der Waals surface area contributed by atoms with Gasteiger partial charge in [-0.05, 0) is 37.7 Å². The van der Waals surface area contributed by atoms with Gasteiger partial charge in [-0.15, -0.1) is 0 Å². The molecule has 0 atom stereocenters. The first-order chi connectivity index (χ1) is 11.6. The largest absolute Gasteiger partial charge is 0.507 e. The molecular formula is C19H22O5. The second-order valence-corrected chi connectivity index (χ2v) is 6.73. The summed E-state index contributed by atoms with van der Waals surface area (Å²) in [5.41, 5.74) is 0.500. The highest BCUT2D eigenvalue weighted by Gasteiger charge is 2.47. The van der Waals surface area contributed by atoms with Crippen LogP contribution in [-0.4, -0.2) is 35.6 Å². The van der Waals surface area contributed by atoms with Crippen LogP contribution in [0.2, 0.25) is 0 Å². The van der Waals surface area contributed by atoms with E-state index in [-0.39, 0.29) is 24.9 Å². The first kappa shape index (κ1) is 15.5. The molecule has 0 saturated heterocycles. The van der Waals surface area contributed by atoms with E-state index in [2.05, 4.69) is 0 Å². The summed E-state index contributed by atoms with van der Waals surface area (Å²) in [6.07, 6.45) is 3.07. The lowest BCUT2D eigenvalue weighted by Gasteiger charge is -2.45. The summed E-state index contributed by atoms with van der Waals surface area (Å²) in [5, 5.41) is 32.6. The topological polar surface area (TPSA) is 79.2 Å². The molecule has 2 bridgehead atoms. The fourth-order valence-electron chi connectivity index (χ4n) is 4.44. The highest BCUT2D eigenvalue weighted by atomic mass is 16.5. The predicted molar refractivity (Wildman–Crippen MR) is 89.9 cm³/mol. The standard InChI is InChI=1S/C19H22O5/c1-23-13-4-2-3-12-15(13)18(24-10-9-20)14-11-5-7-19(22,8-6-11)16(14)17(12)21/h2-4,11,20-22H,5-10H2,1H3. The minimum atomic E-state index is -0.997. The Morgan fingerprint density at radius 1 is 1.25 bits per heavy atom. The Morgan fingerprint density at radius 3 is 2.67 bits per heavy atom. The lowest BCUT2D eigenvalue weighted by atomic mass is 9.63. The minimum Gasteiger partial charge on any atom is -0.507 e. The molecule has 2 aromatic rings. The highest BCUT2D eigenvalue weighted by molar-refractivity contribution is 6.00. The van der Waals surface area contributed by atoms with Crippen molar-refractivity contribution < 1.29 is 24.8 Å². The summed E-state index contributed by atoms with van der Waals surface area (Å²) in [4.78, 5) is 0. The van der Waals surface area contributed by atoms with Crippen LogP contribution in [0.15, 0.2) is 18.2 Å². The average molecular weight is 330 g/mol. The van der Waals surface area contributed by atoms with Gasteiger partial charge in [-0.3, -0.25) is 0 Å². The summed E-state index contributed by atoms with van der Waals surface area (Å²) in [5.74, 6) is 1.63. The van der Waals surface area contributed by atoms with Gasteiger partial charge in [0.2, 0.25) is 0 Å². The molecule has 0 spiro atoms. The lowest BCUT2D eigenvalue weighted by Crippen LogP contribution is -2.38. The quantitative estimate of drug-likeness (QED) is 0.803. The molecule has 3 aliphatic rings. The molecule has 24 heavy (non-hydrogen) atoms. The molecule has 0 aliphatic heterocycles. The summed E-state index contributed by atoms with van der Waals surface area (Å²) in [6, 6.07) is 5.45. The Bertz CT molecular complexity index is 790. The third-order valence-electron chi connectivity index (χ3n) is 5.50. The van der Waals surface area contributed by atoms with Gasteiger partial charge in [-0.1, -0.05) is 12.1 Å². The fraction of sp³-hybridized carbons (Fsp3) is 0.474. The zero-order chi connectivity index (χ0) is 16.9. The van der Waals surface area contributed by atoms with Crippen molar-refractivity contribution in [3.05, 3.63) is 29.3 Å². The van der Waals surface area contributed by atoms with E-state index in [1.54, 1.807) is 7.11 Å². The van der Waals surface area contributed by atoms with Crippen LogP contribution in [0.4, 0.5) is 0 Å². The van der Waals surface area contributed by atoms with E-state index >= 15 is 0 Å². The Balaban J connectivity index is 2.11. The van der Waals surface area contributed by atoms with E-state index in [4.69, 9.17) is 9.47 Å². The number of aliphatic hydroxyl groups is 2. The summed E-state index contributed by atoms with van der Waals surface area (Å²) < 4.78 is 11.4. The number of aliphatic hydroxyl groups excluding tert-OH is 1. The Morgan fingerprint density at radius 2 is 2.00 bits per heavy atom. The maximum Gasteiger partial charge on any atom is 0.135 e. The number of aromatic hydroxyl groups is 1. The van der Waals surface area contributed by atoms with Gasteiger partial charge >= 0.3 is 0 Å². The molecule has 1 saturated carbocycles. The van der Waals surface area contributed by atoms with E-state index in [1.807, 2.05) is 18.2 Å². The number of benzene rings is 2. The van der Waals surface area contributed by atoms with Crippen molar-refractivity contribution in [3.63, 3.8) is 0 Å². The van der Waals surface area contributed by atoms with Gasteiger partial charge in [-0.25, -0.2) is 0 Å². The molecule has 0 heterocycles. The van der Waals surface area contributed by atoms with Gasteiger partial charge in [0.05, 0.1) is 24.7 Å². The van der Waals surface area contributed by atoms with Crippen molar-refractivity contribution in [3.8, 4) is 17.2 Å². The van der Waals surface area contributed by atoms with E-state index in [0.29, 0.717) is 40.7 Å². The molecule has 0 radical (unpaired) electrons. The number of hydrogen-bond acceptors (Lipinski definition) is 5. The van der Waals surface area contributed by atoms with Crippen LogP contribution >= 0.6 is 0 Å². The summed E-state index contributed by atoms with van der Waals surface area (Å²) in [7, 11) is 1.58. The number of hydrogen-bond donors (Lipinski definition) is 3. The van der Waals surface area contributed by atoms with Gasteiger partial charge in [-0.2, -0.15) is 0 Å². The molecule has 5 heteroatoms. The van der Waals surface area contributed by atoms with Crippen molar-refractivity contribution >= 4 is 10.8 Å². The Kier molecular flexibility index (Phi) is 3.58. The molecule has 0 aromatic heterocycles. The average Bonchev–Trinajstić information content (AvgIpc) is 2.61. The Hall–Kier alpha value is -1.98. The third kappa shape index (κ3) is 2.01. The molecule has 5 nitrogen and oxygen atoms in total. The van der Waals surface area contributed by atoms with Gasteiger partial charge in [0.25, 0.3) is 0 Å². The van der Waals surface area contributed by atoms with E-state index in [0.717, 1.165) is 18.4 Å². The van der Waals surface area contributed by atoms with Crippen molar-refractivity contribution in [2.45, 2.75) is 37.2 Å². The molecule has 1 fully saturated rings. The maximum atomic E-state index is 11.1. The zero-order valence-corrected chi connectivity index (χ0v) is 13.7. The third-order valence-corrected chi connectivity index (χ3v) is 5.50. The maximum absolute atomic E-state index is 11.1. The van der Waals surface area contributed by atoms with Crippen molar-refractivity contribution in [2.75, 3.05) is 20.3 Å². The van der Waals surface area contributed by atoms with Crippen LogP contribution < -0.4 is 9.47 Å². The first-order valence-corrected chi connectivity index (χ1v) is 8.42. The minimum absolute atomic E-state index is 0.0960. The molecule has 2 aromatic carbocycles. The van der Waals surface area contributed by atoms with Crippen LogP contribution in [0.3, 0.4) is 0 Å². The van der Waals surface area contributed by atoms with Crippen LogP contribution in [0.5, 0.6) is 17.2 Å². The second-order valence-electron chi connectivity index (χ2n) is 6.73. The number of phenolic OH excluding ortho intramolecular Hbond substituents is 1. The molecular weight excluding hydrogens is 308 g/mol. The van der Waals surface area contributed by atoms with Gasteiger partial charge in [0.15, 0.2) is 0 Å². The van der Waals surface area contributed by atoms with Crippen molar-refractivity contribution in [1.29, 1.82) is 0 Å². The van der Waals surface area contributed by atoms with Gasteiger partial charge < -0.3 is 24.8 Å². The predicted octanol–water partition coefficient (Wildman–Crippen LogP) is 2.78. The normalized spacial score (nSPS) is 24.9. The van der Waals surface area contributed by atoms with E-state index in [1.165, 1.54) is 0 Å². The number of rotatable bonds is 4. The van der Waals surface area contributed by atoms with Crippen LogP contribution in [0.1, 0.15) is 42.7 Å². The first-order valence-electron chi connectivity index (χ1n) is 8.42. The summed E-state index contributed by atoms with van der Waals surface area (Å²) in [6.45, 7) is 0.0662. The van der Waals surface area contributed by atoms with Crippen LogP contribution in [0.25, 0.3) is 10.8 Å². The number of phenols is 1. The zero-order valence-electron chi connectivity index (χ0n) is 13.7. The van der Waals surface area contributed by atoms with Gasteiger partial charge in [0, 0.05) is 16.5 Å². The smallest absolute Gasteiger partial charge is 0.135 e. The monoisotopic (exact) mass is 330 g/mol. The molecule has 3 N–H and O–H groups in total. The van der Waals surface area contributed by atoms with Crippen LogP contribution in [-0.2, 0) is 5.60 Å². The summed E-state index contributed by atoms with van der Waals surface area (Å²) >= 11 is 0. The Labute approximate surface area is 140 Å². The van der Waals surface area contributed by atoms with Crippen LogP contribution in [0, 0.1) is 0 Å². The fourth-order valence-corrected chi connectivity index (χ4v) is 4.44. The number of methoxy groups -OCH3 is 1. The molecule has 0 unspecified atom stereocenters. The van der Waals surface area contributed by atoms with E-state index in [9.17, 15) is 15.3 Å². The molecule has 5 rings (SSSR count). The number of ether oxygens (including phenoxy) is 2. The van der Waals surface area contributed by atoms with Gasteiger partial charge in [0.1, 0.15) is 23.9 Å². The van der Waals surface area contributed by atoms with E-state index < -0.39 is 5.60 Å². The number of fused-ring (bicyclic) bond motifs is 3. The molecule has 3 aliphatic carbocycles. The SMILES string of the molecule is COc1cccc2c(O)c3c(c(OCCO)c12)C1CCC3(O)CC1. The lowest BCUT2D eigenvalue weighted by molar-refractivity contribution is -0.0222. The van der Waals surface area contributed by atoms with Crippen molar-refractivity contribution in [2.24, 2.45) is 0 Å². The highest BCUT2D eigenvalue weighted by Crippen LogP contribution is 2.60. The molecule has 128 valence electrons. The second kappa shape index (κ2) is 5.53. The molecule has 0 amide bonds. The van der Waals surface area contributed by atoms with Crippen molar-refractivity contribution in [1.82, 2.24) is 0 Å².